The average molecular weight is 295 g/mol. The second-order valence-electron chi connectivity index (χ2n) is 4.72. The van der Waals surface area contributed by atoms with Gasteiger partial charge in [0.1, 0.15) is 23.0 Å². The van der Waals surface area contributed by atoms with E-state index in [1.807, 2.05) is 26.0 Å². The highest BCUT2D eigenvalue weighted by molar-refractivity contribution is 7.92. The highest BCUT2D eigenvalue weighted by Gasteiger charge is 2.22. The number of aliphatic hydroxyl groups is 1. The molecule has 108 valence electrons. The summed E-state index contributed by atoms with van der Waals surface area (Å²) in [4.78, 5) is 0.0439. The molecule has 1 aromatic carbocycles. The van der Waals surface area contributed by atoms with E-state index in [1.165, 1.54) is 6.07 Å². The summed E-state index contributed by atoms with van der Waals surface area (Å²) in [7, 11) is -3.73. The van der Waals surface area contributed by atoms with E-state index in [1.54, 1.807) is 13.0 Å². The van der Waals surface area contributed by atoms with Crippen LogP contribution in [-0.4, -0.2) is 13.5 Å². The van der Waals surface area contributed by atoms with Gasteiger partial charge in [-0.2, -0.15) is 0 Å². The standard InChI is InChI=1S/C14H17NO4S/c1-9-4-5-10(2)13(6-9)15-20(17,18)14-7-12(8-16)19-11(14)3/h4-7,15-16H,8H2,1-3H3. The molecule has 0 spiro atoms. The average Bonchev–Trinajstić information content (AvgIpc) is 2.76. The summed E-state index contributed by atoms with van der Waals surface area (Å²) in [5.41, 5.74) is 2.34. The molecular formula is C14H17NO4S. The van der Waals surface area contributed by atoms with E-state index in [4.69, 9.17) is 9.52 Å². The number of benzene rings is 1. The van der Waals surface area contributed by atoms with E-state index >= 15 is 0 Å². The van der Waals surface area contributed by atoms with Gasteiger partial charge in [-0.25, -0.2) is 8.42 Å². The molecule has 0 saturated carbocycles. The van der Waals surface area contributed by atoms with E-state index in [-0.39, 0.29) is 23.0 Å². The molecule has 0 aliphatic heterocycles. The monoisotopic (exact) mass is 295 g/mol. The van der Waals surface area contributed by atoms with Gasteiger partial charge in [-0.1, -0.05) is 12.1 Å². The largest absolute Gasteiger partial charge is 0.462 e. The van der Waals surface area contributed by atoms with Crippen LogP contribution in [0.2, 0.25) is 0 Å². The molecule has 2 N–H and O–H groups in total. The Morgan fingerprint density at radius 2 is 1.90 bits per heavy atom. The Kier molecular flexibility index (Phi) is 3.87. The molecule has 5 nitrogen and oxygen atoms in total. The molecule has 0 fully saturated rings. The van der Waals surface area contributed by atoms with E-state index < -0.39 is 10.0 Å². The lowest BCUT2D eigenvalue weighted by Gasteiger charge is -2.10. The first-order chi connectivity index (χ1) is 9.33. The Morgan fingerprint density at radius 3 is 2.50 bits per heavy atom. The van der Waals surface area contributed by atoms with Crippen molar-refractivity contribution >= 4 is 15.7 Å². The molecule has 0 radical (unpaired) electrons. The first-order valence-corrected chi connectivity index (χ1v) is 7.62. The molecule has 2 aromatic rings. The van der Waals surface area contributed by atoms with Crippen molar-refractivity contribution in [1.82, 2.24) is 0 Å². The Bertz CT molecular complexity index is 732. The molecule has 1 aromatic heterocycles. The number of hydrogen-bond acceptors (Lipinski definition) is 4. The molecular weight excluding hydrogens is 278 g/mol. The molecule has 0 aliphatic rings. The fourth-order valence-corrected chi connectivity index (χ4v) is 3.24. The Labute approximate surface area is 118 Å². The highest BCUT2D eigenvalue weighted by Crippen LogP contribution is 2.25. The lowest BCUT2D eigenvalue weighted by atomic mass is 10.1. The lowest BCUT2D eigenvalue weighted by molar-refractivity contribution is 0.245. The lowest BCUT2D eigenvalue weighted by Crippen LogP contribution is -2.14. The van der Waals surface area contributed by atoms with Crippen molar-refractivity contribution in [2.24, 2.45) is 0 Å². The number of anilines is 1. The third-order valence-electron chi connectivity index (χ3n) is 3.01. The summed E-state index contributed by atoms with van der Waals surface area (Å²) < 4.78 is 32.5. The number of aliphatic hydroxyl groups excluding tert-OH is 1. The van der Waals surface area contributed by atoms with Crippen LogP contribution in [0, 0.1) is 20.8 Å². The van der Waals surface area contributed by atoms with E-state index in [0.29, 0.717) is 5.69 Å². The quantitative estimate of drug-likeness (QED) is 0.908. The van der Waals surface area contributed by atoms with Gasteiger partial charge in [0, 0.05) is 6.07 Å². The SMILES string of the molecule is Cc1ccc(C)c(NS(=O)(=O)c2cc(CO)oc2C)c1. The summed E-state index contributed by atoms with van der Waals surface area (Å²) in [5.74, 6) is 0.482. The predicted octanol–water partition coefficient (Wildman–Crippen LogP) is 2.50. The fourth-order valence-electron chi connectivity index (χ4n) is 1.91. The van der Waals surface area contributed by atoms with Crippen molar-refractivity contribution in [2.75, 3.05) is 4.72 Å². The van der Waals surface area contributed by atoms with Crippen molar-refractivity contribution in [3.05, 3.63) is 46.9 Å². The van der Waals surface area contributed by atoms with Crippen molar-refractivity contribution < 1.29 is 17.9 Å². The topological polar surface area (TPSA) is 79.5 Å². The Morgan fingerprint density at radius 1 is 1.20 bits per heavy atom. The number of hydrogen-bond donors (Lipinski definition) is 2. The number of aryl methyl sites for hydroxylation is 3. The zero-order chi connectivity index (χ0) is 14.9. The van der Waals surface area contributed by atoms with E-state index in [0.717, 1.165) is 11.1 Å². The molecule has 0 atom stereocenters. The summed E-state index contributed by atoms with van der Waals surface area (Å²) in [5, 5.41) is 9.00. The zero-order valence-corrected chi connectivity index (χ0v) is 12.4. The van der Waals surface area contributed by atoms with Gasteiger partial charge < -0.3 is 9.52 Å². The predicted molar refractivity (Wildman–Crippen MR) is 76.1 cm³/mol. The van der Waals surface area contributed by atoms with Gasteiger partial charge in [0.2, 0.25) is 0 Å². The molecule has 6 heteroatoms. The molecule has 20 heavy (non-hydrogen) atoms. The van der Waals surface area contributed by atoms with E-state index in [9.17, 15) is 8.42 Å². The molecule has 0 aliphatic carbocycles. The maximum absolute atomic E-state index is 12.4. The Hall–Kier alpha value is -1.79. The van der Waals surface area contributed by atoms with Crippen molar-refractivity contribution in [2.45, 2.75) is 32.3 Å². The van der Waals surface area contributed by atoms with E-state index in [2.05, 4.69) is 4.72 Å². The molecule has 1 heterocycles. The van der Waals surface area contributed by atoms with Crippen LogP contribution in [0.4, 0.5) is 5.69 Å². The highest BCUT2D eigenvalue weighted by atomic mass is 32.2. The van der Waals surface area contributed by atoms with Gasteiger partial charge in [-0.3, -0.25) is 4.72 Å². The first kappa shape index (κ1) is 14.6. The third kappa shape index (κ3) is 2.86. The van der Waals surface area contributed by atoms with Crippen LogP contribution in [-0.2, 0) is 16.6 Å². The van der Waals surface area contributed by atoms with Crippen LogP contribution in [0.5, 0.6) is 0 Å². The number of sulfonamides is 1. The van der Waals surface area contributed by atoms with Crippen LogP contribution in [0.3, 0.4) is 0 Å². The van der Waals surface area contributed by atoms with Gasteiger partial charge in [0.25, 0.3) is 10.0 Å². The van der Waals surface area contributed by atoms with Crippen LogP contribution in [0.15, 0.2) is 33.6 Å². The van der Waals surface area contributed by atoms with Crippen molar-refractivity contribution in [1.29, 1.82) is 0 Å². The normalized spacial score (nSPS) is 11.6. The van der Waals surface area contributed by atoms with Gasteiger partial charge >= 0.3 is 0 Å². The molecule has 0 bridgehead atoms. The smallest absolute Gasteiger partial charge is 0.265 e. The van der Waals surface area contributed by atoms with Gasteiger partial charge in [-0.15, -0.1) is 0 Å². The zero-order valence-electron chi connectivity index (χ0n) is 11.6. The minimum Gasteiger partial charge on any atom is -0.462 e. The minimum absolute atomic E-state index is 0.0439. The Balaban J connectivity index is 2.40. The molecule has 0 unspecified atom stereocenters. The number of nitrogens with one attached hydrogen (secondary N) is 1. The van der Waals surface area contributed by atoms with Crippen LogP contribution >= 0.6 is 0 Å². The van der Waals surface area contributed by atoms with Crippen LogP contribution in [0.25, 0.3) is 0 Å². The maximum atomic E-state index is 12.4. The van der Waals surface area contributed by atoms with Crippen LogP contribution < -0.4 is 4.72 Å². The number of furan rings is 1. The fraction of sp³-hybridized carbons (Fsp3) is 0.286. The van der Waals surface area contributed by atoms with Gasteiger partial charge in [0.05, 0.1) is 5.69 Å². The second-order valence-corrected chi connectivity index (χ2v) is 6.37. The van der Waals surface area contributed by atoms with Crippen LogP contribution in [0.1, 0.15) is 22.6 Å². The summed E-state index contributed by atoms with van der Waals surface area (Å²) in [6.45, 7) is 4.94. The third-order valence-corrected chi connectivity index (χ3v) is 4.48. The van der Waals surface area contributed by atoms with Crippen molar-refractivity contribution in [3.8, 4) is 0 Å². The molecule has 0 saturated heterocycles. The van der Waals surface area contributed by atoms with Gasteiger partial charge in [-0.05, 0) is 38.0 Å². The second kappa shape index (κ2) is 5.30. The summed E-state index contributed by atoms with van der Waals surface area (Å²) >= 11 is 0. The minimum atomic E-state index is -3.73. The van der Waals surface area contributed by atoms with Crippen molar-refractivity contribution in [3.63, 3.8) is 0 Å². The first-order valence-electron chi connectivity index (χ1n) is 6.13. The maximum Gasteiger partial charge on any atom is 0.265 e. The molecule has 0 amide bonds. The van der Waals surface area contributed by atoms with Gasteiger partial charge in [0.15, 0.2) is 0 Å². The summed E-state index contributed by atoms with van der Waals surface area (Å²) in [6.07, 6.45) is 0. The number of rotatable bonds is 4. The summed E-state index contributed by atoms with van der Waals surface area (Å²) in [6, 6.07) is 6.88. The molecule has 2 rings (SSSR count).